The van der Waals surface area contributed by atoms with Gasteiger partial charge in [0.1, 0.15) is 5.69 Å². The van der Waals surface area contributed by atoms with Crippen LogP contribution < -0.4 is 0 Å². The van der Waals surface area contributed by atoms with E-state index in [-0.39, 0.29) is 22.7 Å². The van der Waals surface area contributed by atoms with Crippen molar-refractivity contribution in [2.75, 3.05) is 6.61 Å². The molecule has 0 aliphatic carbocycles. The number of aryl methyl sites for hydroxylation is 3. The summed E-state index contributed by atoms with van der Waals surface area (Å²) in [6.45, 7) is 7.30. The third-order valence-electron chi connectivity index (χ3n) is 4.46. The van der Waals surface area contributed by atoms with Crippen molar-refractivity contribution in [2.45, 2.75) is 32.6 Å². The van der Waals surface area contributed by atoms with Gasteiger partial charge in [0.15, 0.2) is 0 Å². The fraction of sp³-hybridized carbons (Fsp3) is 0.250. The molecule has 10 nitrogen and oxygen atoms in total. The molecule has 11 heteroatoms. The lowest BCUT2D eigenvalue weighted by Crippen LogP contribution is -2.06. The van der Waals surface area contributed by atoms with Crippen LogP contribution in [0.5, 0.6) is 0 Å². The number of H-pyrrole nitrogens is 1. The highest BCUT2D eigenvalue weighted by atomic mass is 32.2. The highest BCUT2D eigenvalue weighted by Gasteiger charge is 2.20. The van der Waals surface area contributed by atoms with E-state index in [1.807, 2.05) is 6.92 Å². The minimum atomic E-state index is -4.02. The van der Waals surface area contributed by atoms with Crippen LogP contribution in [0.1, 0.15) is 34.1 Å². The van der Waals surface area contributed by atoms with Gasteiger partial charge < -0.3 is 15.2 Å². The van der Waals surface area contributed by atoms with Crippen molar-refractivity contribution < 1.29 is 32.9 Å². The number of benzene rings is 2. The van der Waals surface area contributed by atoms with Crippen LogP contribution in [0.3, 0.4) is 0 Å². The molecule has 1 aromatic heterocycles. The van der Waals surface area contributed by atoms with Crippen LogP contribution in [0.4, 0.5) is 5.69 Å². The number of nitro groups is 1. The predicted molar refractivity (Wildman–Crippen MR) is 115 cm³/mol. The number of esters is 1. The molecular weight excluding hydrogens is 428 g/mol. The van der Waals surface area contributed by atoms with Gasteiger partial charge in [-0.25, -0.2) is 4.79 Å². The Bertz CT molecular complexity index is 1200. The largest absolute Gasteiger partial charge is 0.461 e. The number of aromatic nitrogens is 1. The molecule has 0 aliphatic heterocycles. The molecular formula is C20H24N2O8S. The number of fused-ring (bicyclic) bond motifs is 1. The predicted octanol–water partition coefficient (Wildman–Crippen LogP) is 3.29. The van der Waals surface area contributed by atoms with Crippen LogP contribution >= 0.6 is 0 Å². The zero-order valence-electron chi connectivity index (χ0n) is 17.4. The highest BCUT2D eigenvalue weighted by molar-refractivity contribution is 7.85. The second-order valence-electron chi connectivity index (χ2n) is 6.52. The van der Waals surface area contributed by atoms with Crippen molar-refractivity contribution in [2.24, 2.45) is 0 Å². The second kappa shape index (κ2) is 10.2. The van der Waals surface area contributed by atoms with Crippen molar-refractivity contribution in [1.82, 2.24) is 4.98 Å². The Morgan fingerprint density at radius 1 is 1.10 bits per heavy atom. The first-order valence-corrected chi connectivity index (χ1v) is 10.4. The number of aromatic amines is 1. The molecule has 3 rings (SSSR count). The van der Waals surface area contributed by atoms with Crippen LogP contribution in [0.25, 0.3) is 10.9 Å². The normalized spacial score (nSPS) is 10.6. The van der Waals surface area contributed by atoms with Crippen LogP contribution in [0.15, 0.2) is 41.3 Å². The number of nitrogens with one attached hydrogen (secondary N) is 1. The quantitative estimate of drug-likeness (QED) is 0.264. The summed E-state index contributed by atoms with van der Waals surface area (Å²) in [7, 11) is -4.02. The number of carbonyl (C=O) groups is 1. The molecule has 0 saturated carbocycles. The average Bonchev–Trinajstić information content (AvgIpc) is 3.00. The van der Waals surface area contributed by atoms with Crippen LogP contribution in [-0.2, 0) is 14.9 Å². The van der Waals surface area contributed by atoms with Crippen molar-refractivity contribution in [3.8, 4) is 0 Å². The molecule has 0 saturated heterocycles. The summed E-state index contributed by atoms with van der Waals surface area (Å²) in [5, 5.41) is 11.7. The molecule has 2 aromatic carbocycles. The SMILES string of the molecule is CCOC(=O)c1[nH]c2c(C)c([N+](=O)[O-])ccc2c1C.Cc1ccc(S(=O)(=O)O)cc1.O. The van der Waals surface area contributed by atoms with Gasteiger partial charge in [0.05, 0.1) is 27.5 Å². The maximum atomic E-state index is 11.8. The van der Waals surface area contributed by atoms with Crippen molar-refractivity contribution in [3.63, 3.8) is 0 Å². The molecule has 0 unspecified atom stereocenters. The Kier molecular flexibility index (Phi) is 8.44. The average molecular weight is 452 g/mol. The first kappa shape index (κ1) is 25.8. The Morgan fingerprint density at radius 3 is 2.16 bits per heavy atom. The van der Waals surface area contributed by atoms with E-state index in [0.717, 1.165) is 16.5 Å². The first-order chi connectivity index (χ1) is 14.0. The van der Waals surface area contributed by atoms with Crippen molar-refractivity contribution in [3.05, 3.63) is 68.9 Å². The Balaban J connectivity index is 0.000000344. The Morgan fingerprint density at radius 2 is 1.68 bits per heavy atom. The monoisotopic (exact) mass is 452 g/mol. The zero-order chi connectivity index (χ0) is 22.6. The van der Waals surface area contributed by atoms with Crippen LogP contribution in [0, 0.1) is 30.9 Å². The lowest BCUT2D eigenvalue weighted by molar-refractivity contribution is -0.385. The summed E-state index contributed by atoms with van der Waals surface area (Å²) < 4.78 is 34.5. The van der Waals surface area contributed by atoms with Gasteiger partial charge >= 0.3 is 5.97 Å². The van der Waals surface area contributed by atoms with E-state index in [2.05, 4.69) is 4.98 Å². The number of nitro benzene ring substituents is 1. The molecule has 0 radical (unpaired) electrons. The van der Waals surface area contributed by atoms with E-state index in [1.54, 1.807) is 39.0 Å². The zero-order valence-corrected chi connectivity index (χ0v) is 18.2. The summed E-state index contributed by atoms with van der Waals surface area (Å²) in [6.07, 6.45) is 0. The van der Waals surface area contributed by atoms with Crippen molar-refractivity contribution in [1.29, 1.82) is 0 Å². The third kappa shape index (κ3) is 5.87. The van der Waals surface area contributed by atoms with E-state index in [0.29, 0.717) is 16.8 Å². The van der Waals surface area contributed by atoms with Gasteiger partial charge in [0.2, 0.25) is 0 Å². The van der Waals surface area contributed by atoms with E-state index in [4.69, 9.17) is 9.29 Å². The fourth-order valence-corrected chi connectivity index (χ4v) is 3.32. The van der Waals surface area contributed by atoms with Crippen molar-refractivity contribution >= 4 is 32.7 Å². The molecule has 31 heavy (non-hydrogen) atoms. The summed E-state index contributed by atoms with van der Waals surface area (Å²) in [5.74, 6) is -0.446. The first-order valence-electron chi connectivity index (χ1n) is 8.94. The van der Waals surface area contributed by atoms with E-state index >= 15 is 0 Å². The molecule has 0 fully saturated rings. The Hall–Kier alpha value is -3.28. The maximum Gasteiger partial charge on any atom is 0.355 e. The van der Waals surface area contributed by atoms with Gasteiger partial charge in [-0.05, 0) is 51.5 Å². The van der Waals surface area contributed by atoms with E-state index in [1.165, 1.54) is 18.2 Å². The standard InChI is InChI=1S/C13H14N2O4.C7H8O3S.H2O/c1-4-19-13(16)12-7(2)9-5-6-10(15(17)18)8(3)11(9)14-12;1-6-2-4-7(5-3-6)11(8,9)10;/h5-6,14H,4H2,1-3H3;2-5H,1H3,(H,8,9,10);1H2. The maximum absolute atomic E-state index is 11.8. The lowest BCUT2D eigenvalue weighted by Gasteiger charge is -1.99. The number of hydrogen-bond donors (Lipinski definition) is 2. The summed E-state index contributed by atoms with van der Waals surface area (Å²) in [5.41, 5.74) is 3.20. The molecule has 3 aromatic rings. The minimum Gasteiger partial charge on any atom is -0.461 e. The summed E-state index contributed by atoms with van der Waals surface area (Å²) >= 11 is 0. The summed E-state index contributed by atoms with van der Waals surface area (Å²) in [4.78, 5) is 25.1. The van der Waals surface area contributed by atoms with Gasteiger partial charge in [-0.3, -0.25) is 14.7 Å². The number of nitrogens with zero attached hydrogens (tertiary/aromatic N) is 1. The lowest BCUT2D eigenvalue weighted by atomic mass is 10.1. The molecule has 0 amide bonds. The van der Waals surface area contributed by atoms with Crippen LogP contribution in [0.2, 0.25) is 0 Å². The Labute approximate surface area is 179 Å². The molecule has 168 valence electrons. The number of hydrogen-bond acceptors (Lipinski definition) is 6. The minimum absolute atomic E-state index is 0. The molecule has 0 bridgehead atoms. The molecule has 0 spiro atoms. The molecule has 1 heterocycles. The topological polar surface area (TPSA) is 171 Å². The smallest absolute Gasteiger partial charge is 0.355 e. The van der Waals surface area contributed by atoms with Gasteiger partial charge in [-0.1, -0.05) is 17.7 Å². The summed E-state index contributed by atoms with van der Waals surface area (Å²) in [6, 6.07) is 9.09. The molecule has 0 aliphatic rings. The second-order valence-corrected chi connectivity index (χ2v) is 7.94. The van der Waals surface area contributed by atoms with Gasteiger partial charge in [0, 0.05) is 11.5 Å². The van der Waals surface area contributed by atoms with Gasteiger partial charge in [-0.15, -0.1) is 0 Å². The van der Waals surface area contributed by atoms with Gasteiger partial charge in [-0.2, -0.15) is 8.42 Å². The van der Waals surface area contributed by atoms with E-state index in [9.17, 15) is 23.3 Å². The molecule has 4 N–H and O–H groups in total. The van der Waals surface area contributed by atoms with E-state index < -0.39 is 21.0 Å². The molecule has 0 atom stereocenters. The van der Waals surface area contributed by atoms with Crippen LogP contribution in [-0.4, -0.2) is 40.9 Å². The van der Waals surface area contributed by atoms with Gasteiger partial charge in [0.25, 0.3) is 15.8 Å². The third-order valence-corrected chi connectivity index (χ3v) is 5.33. The number of rotatable bonds is 4. The fourth-order valence-electron chi connectivity index (χ4n) is 2.84. The number of carbonyl (C=O) groups excluding carboxylic acids is 1. The number of ether oxygens (including phenoxy) is 1. The highest BCUT2D eigenvalue weighted by Crippen LogP contribution is 2.30.